The Balaban J connectivity index is 1.60. The zero-order chi connectivity index (χ0) is 21.8. The van der Waals surface area contributed by atoms with Crippen LogP contribution in [0.3, 0.4) is 0 Å². The number of thiocarbonyl (C=S) groups is 1. The number of nitrogens with zero attached hydrogens (tertiary/aromatic N) is 4. The number of aromatic nitrogens is 1. The molecule has 6 heteroatoms. The van der Waals surface area contributed by atoms with Crippen LogP contribution >= 0.6 is 12.2 Å². The smallest absolute Gasteiger partial charge is 0.146 e. The van der Waals surface area contributed by atoms with Crippen LogP contribution in [-0.4, -0.2) is 42.6 Å². The van der Waals surface area contributed by atoms with Gasteiger partial charge < -0.3 is 15.1 Å². The van der Waals surface area contributed by atoms with E-state index in [9.17, 15) is 5.26 Å². The first-order chi connectivity index (χ1) is 15.1. The Bertz CT molecular complexity index is 972. The van der Waals surface area contributed by atoms with Gasteiger partial charge in [0.1, 0.15) is 17.7 Å². The number of pyridine rings is 1. The van der Waals surface area contributed by atoms with E-state index in [0.29, 0.717) is 23.8 Å². The number of nitriles is 1. The second-order valence-electron chi connectivity index (χ2n) is 8.72. The minimum Gasteiger partial charge on any atom is -0.368 e. The molecule has 0 bridgehead atoms. The van der Waals surface area contributed by atoms with Crippen molar-refractivity contribution in [1.82, 2.24) is 4.98 Å². The van der Waals surface area contributed by atoms with Gasteiger partial charge >= 0.3 is 0 Å². The molecule has 0 saturated carbocycles. The number of hydrogen-bond acceptors (Lipinski definition) is 6. The van der Waals surface area contributed by atoms with Crippen molar-refractivity contribution in [2.45, 2.75) is 39.5 Å². The van der Waals surface area contributed by atoms with Crippen molar-refractivity contribution in [2.75, 3.05) is 47.8 Å². The van der Waals surface area contributed by atoms with Crippen LogP contribution in [0, 0.1) is 17.2 Å². The molecule has 0 unspecified atom stereocenters. The van der Waals surface area contributed by atoms with Crippen LogP contribution in [0.1, 0.15) is 43.4 Å². The summed E-state index contributed by atoms with van der Waals surface area (Å²) in [5.74, 6) is 2.10. The van der Waals surface area contributed by atoms with Gasteiger partial charge in [0.15, 0.2) is 0 Å². The van der Waals surface area contributed by atoms with Crippen molar-refractivity contribution in [3.8, 4) is 6.07 Å². The van der Waals surface area contributed by atoms with E-state index in [4.69, 9.17) is 17.2 Å². The lowest BCUT2D eigenvalue weighted by Gasteiger charge is -2.38. The van der Waals surface area contributed by atoms with E-state index in [1.807, 2.05) is 0 Å². The van der Waals surface area contributed by atoms with Gasteiger partial charge in [0, 0.05) is 43.3 Å². The average molecular weight is 434 g/mol. The maximum absolute atomic E-state index is 9.93. The number of fused-ring (bicyclic) bond motifs is 1. The second kappa shape index (κ2) is 9.65. The Hall–Kier alpha value is -2.65. The van der Waals surface area contributed by atoms with Crippen LogP contribution in [-0.2, 0) is 12.8 Å². The number of anilines is 3. The van der Waals surface area contributed by atoms with Crippen molar-refractivity contribution in [3.05, 3.63) is 47.0 Å². The van der Waals surface area contributed by atoms with Crippen LogP contribution in [0.4, 0.5) is 17.3 Å². The topological polar surface area (TPSA) is 55.2 Å². The summed E-state index contributed by atoms with van der Waals surface area (Å²) in [5.41, 5.74) is 4.48. The summed E-state index contributed by atoms with van der Waals surface area (Å²) in [4.78, 5) is 10.8. The minimum atomic E-state index is 0.330. The summed E-state index contributed by atoms with van der Waals surface area (Å²) in [6.45, 7) is 8.60. The SMILES string of the molecule is CC(C)C(=S)CNc1nc(N2CCN(c3ccccc3)CC2)c2c(c1C#N)CCCC2. The van der Waals surface area contributed by atoms with Gasteiger partial charge in [-0.3, -0.25) is 0 Å². The molecule has 1 aliphatic carbocycles. The van der Waals surface area contributed by atoms with Crippen molar-refractivity contribution in [2.24, 2.45) is 5.92 Å². The van der Waals surface area contributed by atoms with Crippen molar-refractivity contribution in [3.63, 3.8) is 0 Å². The van der Waals surface area contributed by atoms with Crippen molar-refractivity contribution >= 4 is 34.4 Å². The fourth-order valence-corrected chi connectivity index (χ4v) is 4.57. The van der Waals surface area contributed by atoms with Crippen LogP contribution in [0.15, 0.2) is 30.3 Å². The van der Waals surface area contributed by atoms with Crippen molar-refractivity contribution < 1.29 is 0 Å². The van der Waals surface area contributed by atoms with Crippen LogP contribution < -0.4 is 15.1 Å². The lowest BCUT2D eigenvalue weighted by molar-refractivity contribution is 0.631. The number of benzene rings is 1. The number of rotatable bonds is 6. The monoisotopic (exact) mass is 433 g/mol. The van der Waals surface area contributed by atoms with Gasteiger partial charge in [-0.1, -0.05) is 44.3 Å². The number of para-hydroxylation sites is 1. The fourth-order valence-electron chi connectivity index (χ4n) is 4.50. The lowest BCUT2D eigenvalue weighted by Crippen LogP contribution is -2.47. The zero-order valence-corrected chi connectivity index (χ0v) is 19.3. The lowest BCUT2D eigenvalue weighted by atomic mass is 9.88. The summed E-state index contributed by atoms with van der Waals surface area (Å²) < 4.78 is 0. The fraction of sp³-hybridized carbons (Fsp3) is 0.480. The molecule has 0 radical (unpaired) electrons. The molecule has 2 heterocycles. The molecule has 1 fully saturated rings. The summed E-state index contributed by atoms with van der Waals surface area (Å²) in [5, 5.41) is 13.3. The highest BCUT2D eigenvalue weighted by Crippen LogP contribution is 2.35. The van der Waals surface area contributed by atoms with E-state index >= 15 is 0 Å². The standard InChI is InChI=1S/C25H31N5S/c1-18(2)23(31)17-27-24-22(16-26)20-10-6-7-11-21(20)25(28-24)30-14-12-29(13-15-30)19-8-4-3-5-9-19/h3-5,8-9,18H,6-7,10-15,17H2,1-2H3,(H,27,28). The van der Waals surface area contributed by atoms with Gasteiger partial charge in [-0.05, 0) is 54.9 Å². The minimum absolute atomic E-state index is 0.330. The Labute approximate surface area is 191 Å². The zero-order valence-electron chi connectivity index (χ0n) is 18.5. The summed E-state index contributed by atoms with van der Waals surface area (Å²) >= 11 is 5.51. The highest BCUT2D eigenvalue weighted by Gasteiger charge is 2.27. The first-order valence-corrected chi connectivity index (χ1v) is 11.8. The third kappa shape index (κ3) is 4.67. The molecule has 31 heavy (non-hydrogen) atoms. The normalized spacial score (nSPS) is 16.1. The first kappa shape index (κ1) is 21.6. The third-order valence-electron chi connectivity index (χ3n) is 6.38. The predicted molar refractivity (Wildman–Crippen MR) is 132 cm³/mol. The number of piperazine rings is 1. The molecule has 2 aliphatic rings. The summed E-state index contributed by atoms with van der Waals surface area (Å²) in [6.07, 6.45) is 4.27. The molecule has 2 aromatic rings. The molecule has 1 aliphatic heterocycles. The first-order valence-electron chi connectivity index (χ1n) is 11.4. The molecule has 0 spiro atoms. The van der Waals surface area contributed by atoms with E-state index < -0.39 is 0 Å². The van der Waals surface area contributed by atoms with Gasteiger partial charge in [0.25, 0.3) is 0 Å². The predicted octanol–water partition coefficient (Wildman–Crippen LogP) is 4.60. The highest BCUT2D eigenvalue weighted by molar-refractivity contribution is 7.80. The van der Waals surface area contributed by atoms with Gasteiger partial charge in [0.2, 0.25) is 0 Å². The molecule has 1 saturated heterocycles. The molecule has 1 N–H and O–H groups in total. The molecule has 0 atom stereocenters. The van der Waals surface area contributed by atoms with E-state index in [-0.39, 0.29) is 0 Å². The molecule has 5 nitrogen and oxygen atoms in total. The maximum Gasteiger partial charge on any atom is 0.146 e. The molecular weight excluding hydrogens is 402 g/mol. The van der Waals surface area contributed by atoms with Gasteiger partial charge in [0.05, 0.1) is 5.56 Å². The Morgan fingerprint density at radius 3 is 2.35 bits per heavy atom. The second-order valence-corrected chi connectivity index (χ2v) is 9.24. The number of hydrogen-bond donors (Lipinski definition) is 1. The van der Waals surface area contributed by atoms with E-state index in [0.717, 1.165) is 56.1 Å². The molecule has 162 valence electrons. The Kier molecular flexibility index (Phi) is 6.72. The summed E-state index contributed by atoms with van der Waals surface area (Å²) in [7, 11) is 0. The number of nitrogens with one attached hydrogen (secondary N) is 1. The largest absolute Gasteiger partial charge is 0.368 e. The molecule has 1 aromatic heterocycles. The third-order valence-corrected chi connectivity index (χ3v) is 7.00. The highest BCUT2D eigenvalue weighted by atomic mass is 32.1. The van der Waals surface area contributed by atoms with Gasteiger partial charge in [-0.2, -0.15) is 5.26 Å². The van der Waals surface area contributed by atoms with Crippen LogP contribution in [0.2, 0.25) is 0 Å². The van der Waals surface area contributed by atoms with Gasteiger partial charge in [-0.15, -0.1) is 0 Å². The average Bonchev–Trinajstić information content (AvgIpc) is 2.82. The Morgan fingerprint density at radius 2 is 1.71 bits per heavy atom. The Morgan fingerprint density at radius 1 is 1.06 bits per heavy atom. The van der Waals surface area contributed by atoms with E-state index in [2.05, 4.69) is 65.4 Å². The van der Waals surface area contributed by atoms with Crippen molar-refractivity contribution in [1.29, 1.82) is 5.26 Å². The molecule has 1 aromatic carbocycles. The molecule has 0 amide bonds. The van der Waals surface area contributed by atoms with Crippen LogP contribution in [0.5, 0.6) is 0 Å². The van der Waals surface area contributed by atoms with Gasteiger partial charge in [-0.25, -0.2) is 4.98 Å². The quantitative estimate of drug-likeness (QED) is 0.672. The maximum atomic E-state index is 9.93. The molecule has 4 rings (SSSR count). The summed E-state index contributed by atoms with van der Waals surface area (Å²) in [6, 6.07) is 13.1. The van der Waals surface area contributed by atoms with E-state index in [1.165, 1.54) is 23.2 Å². The van der Waals surface area contributed by atoms with Crippen LogP contribution in [0.25, 0.3) is 0 Å². The molecular formula is C25H31N5S. The van der Waals surface area contributed by atoms with E-state index in [1.54, 1.807) is 0 Å².